The number of fused-ring (bicyclic) bond motifs is 1. The van der Waals surface area contributed by atoms with Crippen LogP contribution >= 0.6 is 0 Å². The number of nitrogens with two attached hydrogens (primary N) is 1. The van der Waals surface area contributed by atoms with Crippen LogP contribution in [0, 0.1) is 11.8 Å². The Labute approximate surface area is 140 Å². The number of anilines is 1. The van der Waals surface area contributed by atoms with Crippen molar-refractivity contribution in [3.05, 3.63) is 18.1 Å². The van der Waals surface area contributed by atoms with E-state index in [-0.39, 0.29) is 12.3 Å². The lowest BCUT2D eigenvalue weighted by molar-refractivity contribution is -0.0521. The van der Waals surface area contributed by atoms with Crippen LogP contribution in [0.3, 0.4) is 0 Å². The number of aromatic nitrogens is 3. The number of rotatable bonds is 4. The first kappa shape index (κ1) is 16.7. The Bertz CT molecular complexity index is 777. The molecule has 3 unspecified atom stereocenters. The fourth-order valence-corrected chi connectivity index (χ4v) is 2.91. The van der Waals surface area contributed by atoms with Gasteiger partial charge in [-0.2, -0.15) is 0 Å². The Kier molecular flexibility index (Phi) is 5.00. The van der Waals surface area contributed by atoms with Gasteiger partial charge in [0.15, 0.2) is 0 Å². The number of hydrogen-bond donors (Lipinski definition) is 2. The Morgan fingerprint density at radius 1 is 1.50 bits per heavy atom. The van der Waals surface area contributed by atoms with E-state index in [1.165, 1.54) is 6.33 Å². The van der Waals surface area contributed by atoms with Crippen molar-refractivity contribution >= 4 is 16.9 Å². The summed E-state index contributed by atoms with van der Waals surface area (Å²) < 4.78 is 12.9. The molecule has 3 rings (SSSR count). The molecule has 3 N–H and O–H groups in total. The standard InChI is InChI=1S/C17H22N4O3/c1-3-4-5-6-11-8-21(17-15(11)16(18)19-10-20-17)14-7-12(22)13(24-14)9-23-2/h8,10,12-14,22H,3-4,7,9H2,1-2H3,(H2,18,19,20). The highest BCUT2D eigenvalue weighted by Gasteiger charge is 2.36. The first-order chi connectivity index (χ1) is 11.7. The van der Waals surface area contributed by atoms with Crippen molar-refractivity contribution in [3.8, 4) is 11.8 Å². The van der Waals surface area contributed by atoms with Crippen LogP contribution in [0.25, 0.3) is 11.0 Å². The Morgan fingerprint density at radius 2 is 2.33 bits per heavy atom. The van der Waals surface area contributed by atoms with Crippen molar-refractivity contribution in [1.29, 1.82) is 0 Å². The largest absolute Gasteiger partial charge is 0.390 e. The first-order valence-corrected chi connectivity index (χ1v) is 8.08. The third kappa shape index (κ3) is 3.08. The molecule has 1 aliphatic heterocycles. The van der Waals surface area contributed by atoms with Crippen LogP contribution in [0.15, 0.2) is 12.5 Å². The van der Waals surface area contributed by atoms with E-state index in [4.69, 9.17) is 15.2 Å². The maximum Gasteiger partial charge on any atom is 0.148 e. The molecule has 3 atom stereocenters. The first-order valence-electron chi connectivity index (χ1n) is 8.08. The molecule has 2 aromatic rings. The van der Waals surface area contributed by atoms with Gasteiger partial charge in [0.2, 0.25) is 0 Å². The summed E-state index contributed by atoms with van der Waals surface area (Å²) in [5.74, 6) is 6.67. The number of hydrogen-bond acceptors (Lipinski definition) is 6. The van der Waals surface area contributed by atoms with Gasteiger partial charge in [-0.1, -0.05) is 18.8 Å². The van der Waals surface area contributed by atoms with Gasteiger partial charge >= 0.3 is 0 Å². The minimum Gasteiger partial charge on any atom is -0.390 e. The van der Waals surface area contributed by atoms with Gasteiger partial charge in [-0.15, -0.1) is 0 Å². The molecule has 0 amide bonds. The number of aliphatic hydroxyl groups excluding tert-OH is 1. The summed E-state index contributed by atoms with van der Waals surface area (Å²) in [4.78, 5) is 8.41. The molecule has 2 aromatic heterocycles. The van der Waals surface area contributed by atoms with Gasteiger partial charge in [-0.05, 0) is 6.42 Å². The molecule has 0 aromatic carbocycles. The number of nitrogen functional groups attached to an aromatic ring is 1. The van der Waals surface area contributed by atoms with Crippen molar-refractivity contribution < 1.29 is 14.6 Å². The van der Waals surface area contributed by atoms with Crippen LogP contribution in [-0.2, 0) is 9.47 Å². The maximum atomic E-state index is 10.2. The third-order valence-electron chi connectivity index (χ3n) is 4.08. The lowest BCUT2D eigenvalue weighted by Gasteiger charge is -2.15. The van der Waals surface area contributed by atoms with E-state index in [2.05, 4.69) is 28.7 Å². The highest BCUT2D eigenvalue weighted by atomic mass is 16.6. The number of aliphatic hydroxyl groups is 1. The highest BCUT2D eigenvalue weighted by molar-refractivity contribution is 5.92. The fraction of sp³-hybridized carbons (Fsp3) is 0.529. The molecule has 128 valence electrons. The number of unbranched alkanes of at least 4 members (excludes halogenated alkanes) is 1. The smallest absolute Gasteiger partial charge is 0.148 e. The Hall–Kier alpha value is -2.14. The second-order valence-corrected chi connectivity index (χ2v) is 5.85. The zero-order valence-corrected chi connectivity index (χ0v) is 13.9. The summed E-state index contributed by atoms with van der Waals surface area (Å²) in [5, 5.41) is 10.9. The minimum absolute atomic E-state index is 0.335. The average molecular weight is 330 g/mol. The lowest BCUT2D eigenvalue weighted by Crippen LogP contribution is -2.25. The molecule has 0 bridgehead atoms. The van der Waals surface area contributed by atoms with Crippen LogP contribution in [-0.4, -0.2) is 45.6 Å². The Morgan fingerprint density at radius 3 is 3.08 bits per heavy atom. The second kappa shape index (κ2) is 7.18. The van der Waals surface area contributed by atoms with E-state index in [1.807, 2.05) is 10.8 Å². The molecule has 24 heavy (non-hydrogen) atoms. The molecule has 1 saturated heterocycles. The molecule has 0 aliphatic carbocycles. The molecule has 0 saturated carbocycles. The molecular formula is C17H22N4O3. The summed E-state index contributed by atoms with van der Waals surface area (Å²) >= 11 is 0. The number of ether oxygens (including phenoxy) is 2. The van der Waals surface area contributed by atoms with Crippen LogP contribution in [0.1, 0.15) is 38.0 Å². The molecule has 7 nitrogen and oxygen atoms in total. The van der Waals surface area contributed by atoms with Crippen molar-refractivity contribution in [2.45, 2.75) is 44.6 Å². The number of methoxy groups -OCH3 is 1. The summed E-state index contributed by atoms with van der Waals surface area (Å²) in [6.45, 7) is 2.43. The predicted molar refractivity (Wildman–Crippen MR) is 90.1 cm³/mol. The molecule has 3 heterocycles. The maximum absolute atomic E-state index is 10.2. The molecule has 1 fully saturated rings. The summed E-state index contributed by atoms with van der Waals surface area (Å²) in [6, 6.07) is 0. The van der Waals surface area contributed by atoms with E-state index < -0.39 is 6.10 Å². The van der Waals surface area contributed by atoms with Crippen molar-refractivity contribution in [2.24, 2.45) is 0 Å². The van der Waals surface area contributed by atoms with Crippen LogP contribution in [0.4, 0.5) is 5.82 Å². The highest BCUT2D eigenvalue weighted by Crippen LogP contribution is 2.34. The van der Waals surface area contributed by atoms with E-state index in [0.29, 0.717) is 24.5 Å². The van der Waals surface area contributed by atoms with Gasteiger partial charge in [-0.3, -0.25) is 0 Å². The van der Waals surface area contributed by atoms with Gasteiger partial charge < -0.3 is 24.9 Å². The average Bonchev–Trinajstić information content (AvgIpc) is 3.10. The van der Waals surface area contributed by atoms with Crippen molar-refractivity contribution in [2.75, 3.05) is 19.5 Å². The summed E-state index contributed by atoms with van der Waals surface area (Å²) in [7, 11) is 1.59. The van der Waals surface area contributed by atoms with Crippen LogP contribution in [0.5, 0.6) is 0 Å². The SMILES string of the molecule is CCCC#Cc1cn(C2CC(O)C(COC)O2)c2ncnc(N)c12. The monoisotopic (exact) mass is 330 g/mol. The van der Waals surface area contributed by atoms with Gasteiger partial charge in [0.05, 0.1) is 23.7 Å². The quantitative estimate of drug-likeness (QED) is 0.824. The molecular weight excluding hydrogens is 308 g/mol. The third-order valence-corrected chi connectivity index (χ3v) is 4.08. The van der Waals surface area contributed by atoms with E-state index in [0.717, 1.165) is 23.8 Å². The van der Waals surface area contributed by atoms with E-state index in [9.17, 15) is 5.11 Å². The fourth-order valence-electron chi connectivity index (χ4n) is 2.91. The number of nitrogens with zero attached hydrogens (tertiary/aromatic N) is 3. The van der Waals surface area contributed by atoms with Gasteiger partial charge in [0.1, 0.15) is 30.1 Å². The normalized spacial score (nSPS) is 23.4. The topological polar surface area (TPSA) is 95.4 Å². The van der Waals surface area contributed by atoms with Gasteiger partial charge in [0, 0.05) is 26.1 Å². The second-order valence-electron chi connectivity index (χ2n) is 5.85. The van der Waals surface area contributed by atoms with Crippen molar-refractivity contribution in [3.63, 3.8) is 0 Å². The van der Waals surface area contributed by atoms with Crippen molar-refractivity contribution in [1.82, 2.24) is 14.5 Å². The molecule has 0 spiro atoms. The predicted octanol–water partition coefficient (Wildman–Crippen LogP) is 1.46. The molecule has 7 heteroatoms. The van der Waals surface area contributed by atoms with Gasteiger partial charge in [0.25, 0.3) is 0 Å². The summed E-state index contributed by atoms with van der Waals surface area (Å²) in [5.41, 5.74) is 7.48. The molecule has 1 aliphatic rings. The van der Waals surface area contributed by atoms with Gasteiger partial charge in [-0.25, -0.2) is 9.97 Å². The van der Waals surface area contributed by atoms with E-state index in [1.54, 1.807) is 7.11 Å². The molecule has 0 radical (unpaired) electrons. The van der Waals surface area contributed by atoms with Crippen LogP contribution < -0.4 is 5.73 Å². The zero-order valence-electron chi connectivity index (χ0n) is 13.9. The van der Waals surface area contributed by atoms with E-state index >= 15 is 0 Å². The van der Waals surface area contributed by atoms with Crippen LogP contribution in [0.2, 0.25) is 0 Å². The summed E-state index contributed by atoms with van der Waals surface area (Å²) in [6.07, 6.45) is 4.30. The lowest BCUT2D eigenvalue weighted by atomic mass is 10.2. The Balaban J connectivity index is 2.00. The minimum atomic E-state index is -0.582. The zero-order chi connectivity index (χ0) is 17.1.